The predicted molar refractivity (Wildman–Crippen MR) is 65.3 cm³/mol. The Morgan fingerprint density at radius 3 is 2.81 bits per heavy atom. The predicted octanol–water partition coefficient (Wildman–Crippen LogP) is 3.22. The number of allylic oxidation sites excluding steroid dienone is 1. The molecule has 0 aliphatic heterocycles. The van der Waals surface area contributed by atoms with E-state index in [1.807, 2.05) is 49.5 Å². The smallest absolute Gasteiger partial charge is 0.185 e. The highest BCUT2D eigenvalue weighted by Crippen LogP contribution is 2.07. The number of ketones is 1. The molecular formula is C14H13NO. The van der Waals surface area contributed by atoms with E-state index >= 15 is 0 Å². The van der Waals surface area contributed by atoms with Crippen LogP contribution in [0.4, 0.5) is 0 Å². The number of benzene rings is 1. The van der Waals surface area contributed by atoms with Crippen LogP contribution >= 0.6 is 0 Å². The number of nitrogens with one attached hydrogen (secondary N) is 1. The molecule has 0 unspecified atom stereocenters. The number of aromatic nitrogens is 1. The summed E-state index contributed by atoms with van der Waals surface area (Å²) in [6, 6.07) is 11.4. The number of hydrogen-bond acceptors (Lipinski definition) is 1. The van der Waals surface area contributed by atoms with Crippen molar-refractivity contribution < 1.29 is 4.79 Å². The molecule has 0 atom stereocenters. The van der Waals surface area contributed by atoms with E-state index in [4.69, 9.17) is 0 Å². The van der Waals surface area contributed by atoms with Gasteiger partial charge in [0.2, 0.25) is 0 Å². The van der Waals surface area contributed by atoms with Crippen LogP contribution in [0.2, 0.25) is 0 Å². The Kier molecular flexibility index (Phi) is 3.01. The van der Waals surface area contributed by atoms with Crippen molar-refractivity contribution in [3.8, 4) is 0 Å². The standard InChI is InChI=1S/C14H13NO/c1-11-4-2-5-12(10-11)14(16)8-7-13-6-3-9-15-13/h2-10,15H,1H3/b8-7+. The third-order valence-corrected chi connectivity index (χ3v) is 2.34. The molecule has 0 saturated carbocycles. The minimum absolute atomic E-state index is 0.0262. The first-order valence-corrected chi connectivity index (χ1v) is 5.18. The normalized spacial score (nSPS) is 10.8. The van der Waals surface area contributed by atoms with E-state index in [2.05, 4.69) is 4.98 Å². The van der Waals surface area contributed by atoms with Gasteiger partial charge in [0.25, 0.3) is 0 Å². The molecule has 0 aliphatic rings. The average Bonchev–Trinajstić information content (AvgIpc) is 2.78. The minimum atomic E-state index is 0.0262. The maximum Gasteiger partial charge on any atom is 0.185 e. The number of hydrogen-bond donors (Lipinski definition) is 1. The zero-order valence-electron chi connectivity index (χ0n) is 9.10. The molecule has 80 valence electrons. The fourth-order valence-corrected chi connectivity index (χ4v) is 1.51. The SMILES string of the molecule is Cc1cccc(C(=O)/C=C/c2ccc[nH]2)c1. The summed E-state index contributed by atoms with van der Waals surface area (Å²) >= 11 is 0. The first-order valence-electron chi connectivity index (χ1n) is 5.18. The Hall–Kier alpha value is -2.09. The van der Waals surface area contributed by atoms with Crippen LogP contribution in [0.3, 0.4) is 0 Å². The van der Waals surface area contributed by atoms with E-state index in [0.29, 0.717) is 0 Å². The fourth-order valence-electron chi connectivity index (χ4n) is 1.51. The summed E-state index contributed by atoms with van der Waals surface area (Å²) in [7, 11) is 0. The second-order valence-corrected chi connectivity index (χ2v) is 3.69. The molecule has 1 N–H and O–H groups in total. The minimum Gasteiger partial charge on any atom is -0.362 e. The molecule has 0 saturated heterocycles. The first kappa shape index (κ1) is 10.4. The Balaban J connectivity index is 2.15. The average molecular weight is 211 g/mol. The third kappa shape index (κ3) is 2.48. The summed E-state index contributed by atoms with van der Waals surface area (Å²) in [5, 5.41) is 0. The zero-order valence-corrected chi connectivity index (χ0v) is 9.10. The van der Waals surface area contributed by atoms with Crippen molar-refractivity contribution in [3.63, 3.8) is 0 Å². The number of carbonyl (C=O) groups excluding carboxylic acids is 1. The highest BCUT2D eigenvalue weighted by molar-refractivity contribution is 6.06. The van der Waals surface area contributed by atoms with Crippen LogP contribution in [-0.4, -0.2) is 10.8 Å². The first-order chi connectivity index (χ1) is 7.75. The van der Waals surface area contributed by atoms with Crippen molar-refractivity contribution in [2.75, 3.05) is 0 Å². The summed E-state index contributed by atoms with van der Waals surface area (Å²) in [6.07, 6.45) is 5.20. The van der Waals surface area contributed by atoms with Gasteiger partial charge in [0.1, 0.15) is 0 Å². The zero-order chi connectivity index (χ0) is 11.4. The van der Waals surface area contributed by atoms with Crippen LogP contribution in [0.15, 0.2) is 48.7 Å². The van der Waals surface area contributed by atoms with Crippen LogP contribution < -0.4 is 0 Å². The molecular weight excluding hydrogens is 198 g/mol. The monoisotopic (exact) mass is 211 g/mol. The van der Waals surface area contributed by atoms with Crippen molar-refractivity contribution >= 4 is 11.9 Å². The molecule has 2 heteroatoms. The van der Waals surface area contributed by atoms with E-state index in [1.165, 1.54) is 0 Å². The van der Waals surface area contributed by atoms with Crippen molar-refractivity contribution in [2.45, 2.75) is 6.92 Å². The highest BCUT2D eigenvalue weighted by atomic mass is 16.1. The van der Waals surface area contributed by atoms with Gasteiger partial charge in [-0.3, -0.25) is 4.79 Å². The van der Waals surface area contributed by atoms with Gasteiger partial charge in [-0.15, -0.1) is 0 Å². The summed E-state index contributed by atoms with van der Waals surface area (Å²) in [5.74, 6) is 0.0262. The quantitative estimate of drug-likeness (QED) is 0.613. The maximum absolute atomic E-state index is 11.8. The molecule has 1 aromatic carbocycles. The second-order valence-electron chi connectivity index (χ2n) is 3.69. The molecule has 16 heavy (non-hydrogen) atoms. The van der Waals surface area contributed by atoms with Crippen molar-refractivity contribution in [1.29, 1.82) is 0 Å². The summed E-state index contributed by atoms with van der Waals surface area (Å²) in [4.78, 5) is 14.8. The molecule has 2 aromatic rings. The van der Waals surface area contributed by atoms with E-state index < -0.39 is 0 Å². The third-order valence-electron chi connectivity index (χ3n) is 2.34. The van der Waals surface area contributed by atoms with E-state index in [9.17, 15) is 4.79 Å². The number of H-pyrrole nitrogens is 1. The number of aromatic amines is 1. The van der Waals surface area contributed by atoms with Gasteiger partial charge < -0.3 is 4.98 Å². The summed E-state index contributed by atoms with van der Waals surface area (Å²) in [5.41, 5.74) is 2.75. The fraction of sp³-hybridized carbons (Fsp3) is 0.0714. The van der Waals surface area contributed by atoms with Gasteiger partial charge in [-0.25, -0.2) is 0 Å². The van der Waals surface area contributed by atoms with Gasteiger partial charge in [0, 0.05) is 17.5 Å². The van der Waals surface area contributed by atoms with E-state index in [-0.39, 0.29) is 5.78 Å². The van der Waals surface area contributed by atoms with Crippen LogP contribution in [-0.2, 0) is 0 Å². The largest absolute Gasteiger partial charge is 0.362 e. The van der Waals surface area contributed by atoms with Crippen molar-refractivity contribution in [1.82, 2.24) is 4.98 Å². The Morgan fingerprint density at radius 2 is 2.12 bits per heavy atom. The van der Waals surface area contributed by atoms with Gasteiger partial charge in [0.15, 0.2) is 5.78 Å². The van der Waals surface area contributed by atoms with Gasteiger partial charge in [-0.1, -0.05) is 23.8 Å². The highest BCUT2D eigenvalue weighted by Gasteiger charge is 2.00. The molecule has 0 fully saturated rings. The Labute approximate surface area is 94.6 Å². The molecule has 1 heterocycles. The molecule has 0 bridgehead atoms. The number of aryl methyl sites for hydroxylation is 1. The lowest BCUT2D eigenvalue weighted by atomic mass is 10.1. The van der Waals surface area contributed by atoms with E-state index in [0.717, 1.165) is 16.8 Å². The lowest BCUT2D eigenvalue weighted by molar-refractivity contribution is 0.104. The van der Waals surface area contributed by atoms with Gasteiger partial charge in [0.05, 0.1) is 0 Å². The molecule has 2 rings (SSSR count). The summed E-state index contributed by atoms with van der Waals surface area (Å²) < 4.78 is 0. The van der Waals surface area contributed by atoms with Gasteiger partial charge >= 0.3 is 0 Å². The maximum atomic E-state index is 11.8. The second kappa shape index (κ2) is 4.62. The van der Waals surface area contributed by atoms with E-state index in [1.54, 1.807) is 12.2 Å². The van der Waals surface area contributed by atoms with Crippen LogP contribution in [0.5, 0.6) is 0 Å². The molecule has 2 nitrogen and oxygen atoms in total. The number of rotatable bonds is 3. The van der Waals surface area contributed by atoms with Crippen molar-refractivity contribution in [3.05, 3.63) is 65.5 Å². The molecule has 1 aromatic heterocycles. The molecule has 0 spiro atoms. The van der Waals surface area contributed by atoms with Crippen molar-refractivity contribution in [2.24, 2.45) is 0 Å². The van der Waals surface area contributed by atoms with Gasteiger partial charge in [-0.2, -0.15) is 0 Å². The summed E-state index contributed by atoms with van der Waals surface area (Å²) in [6.45, 7) is 1.98. The van der Waals surface area contributed by atoms with Crippen LogP contribution in [0.1, 0.15) is 21.6 Å². The lowest BCUT2D eigenvalue weighted by Gasteiger charge is -1.96. The molecule has 0 amide bonds. The molecule has 0 radical (unpaired) electrons. The Morgan fingerprint density at radius 1 is 1.25 bits per heavy atom. The Bertz CT molecular complexity index is 509. The van der Waals surface area contributed by atoms with Gasteiger partial charge in [-0.05, 0) is 37.3 Å². The topological polar surface area (TPSA) is 32.9 Å². The number of carbonyl (C=O) groups is 1. The van der Waals surface area contributed by atoms with Crippen LogP contribution in [0.25, 0.3) is 6.08 Å². The molecule has 0 aliphatic carbocycles. The lowest BCUT2D eigenvalue weighted by Crippen LogP contribution is -1.94. The van der Waals surface area contributed by atoms with Crippen LogP contribution in [0, 0.1) is 6.92 Å².